The molecule has 1 aliphatic heterocycles. The van der Waals surface area contributed by atoms with Crippen LogP contribution in [-0.2, 0) is 23.9 Å². The third kappa shape index (κ3) is 5.40. The lowest BCUT2D eigenvalue weighted by Crippen LogP contribution is -2.45. The molecule has 160 valence electrons. The summed E-state index contributed by atoms with van der Waals surface area (Å²) in [6.07, 6.45) is -2.28. The molecule has 2 aromatic carbocycles. The minimum atomic E-state index is -4.50. The van der Waals surface area contributed by atoms with Gasteiger partial charge in [0.25, 0.3) is 5.91 Å². The molecule has 0 bridgehead atoms. The number of nitrogens with one attached hydrogen (secondary N) is 1. The molecule has 2 aromatic rings. The van der Waals surface area contributed by atoms with Crippen molar-refractivity contribution >= 4 is 11.8 Å². The number of hydrogen-bond acceptors (Lipinski definition) is 2. The quantitative estimate of drug-likeness (QED) is 0.781. The highest BCUT2D eigenvalue weighted by Gasteiger charge is 2.33. The van der Waals surface area contributed by atoms with Crippen LogP contribution < -0.4 is 5.32 Å². The molecule has 1 fully saturated rings. The molecule has 1 N–H and O–H groups in total. The lowest BCUT2D eigenvalue weighted by atomic mass is 9.96. The molecule has 1 atom stereocenters. The number of halogens is 3. The van der Waals surface area contributed by atoms with E-state index in [1.807, 2.05) is 24.3 Å². The maximum atomic E-state index is 12.9. The number of benzene rings is 2. The minimum absolute atomic E-state index is 0.0121. The molecule has 3 rings (SSSR count). The zero-order valence-electron chi connectivity index (χ0n) is 16.8. The first-order valence-electron chi connectivity index (χ1n) is 10.1. The van der Waals surface area contributed by atoms with Crippen LogP contribution in [0.5, 0.6) is 0 Å². The molecule has 1 heterocycles. The van der Waals surface area contributed by atoms with E-state index in [1.165, 1.54) is 22.6 Å². The molecule has 0 aliphatic carbocycles. The van der Waals surface area contributed by atoms with Crippen LogP contribution in [0.4, 0.5) is 13.2 Å². The van der Waals surface area contributed by atoms with Gasteiger partial charge in [0.05, 0.1) is 11.5 Å². The highest BCUT2D eigenvalue weighted by Crippen LogP contribution is 2.30. The van der Waals surface area contributed by atoms with Crippen molar-refractivity contribution in [1.82, 2.24) is 10.2 Å². The predicted octanol–water partition coefficient (Wildman–Crippen LogP) is 4.44. The molecule has 7 heteroatoms. The van der Waals surface area contributed by atoms with Gasteiger partial charge in [-0.15, -0.1) is 0 Å². The summed E-state index contributed by atoms with van der Waals surface area (Å²) in [5.74, 6) is -0.992. The number of hydrogen-bond donors (Lipinski definition) is 1. The second-order valence-electron chi connectivity index (χ2n) is 7.56. The van der Waals surface area contributed by atoms with E-state index < -0.39 is 17.6 Å². The SMILES string of the molecule is CCc1ccc(CNC(=O)[C@@H]2CCCN(C(=O)c3cccc(C(F)(F)F)c3)C2)cc1. The molecule has 1 saturated heterocycles. The van der Waals surface area contributed by atoms with Crippen molar-refractivity contribution < 1.29 is 22.8 Å². The van der Waals surface area contributed by atoms with Crippen molar-refractivity contribution in [3.63, 3.8) is 0 Å². The van der Waals surface area contributed by atoms with Crippen molar-refractivity contribution in [3.8, 4) is 0 Å². The van der Waals surface area contributed by atoms with Crippen LogP contribution in [0.3, 0.4) is 0 Å². The Bertz CT molecular complexity index is 894. The second kappa shape index (κ2) is 9.32. The molecule has 30 heavy (non-hydrogen) atoms. The molecular weight excluding hydrogens is 393 g/mol. The van der Waals surface area contributed by atoms with Gasteiger partial charge in [0, 0.05) is 25.2 Å². The Morgan fingerprint density at radius 3 is 2.47 bits per heavy atom. The summed E-state index contributed by atoms with van der Waals surface area (Å²) in [6.45, 7) is 3.11. The largest absolute Gasteiger partial charge is 0.416 e. The number of alkyl halides is 3. The van der Waals surface area contributed by atoms with E-state index in [1.54, 1.807) is 0 Å². The van der Waals surface area contributed by atoms with E-state index in [0.29, 0.717) is 25.9 Å². The number of piperidine rings is 1. The minimum Gasteiger partial charge on any atom is -0.352 e. The number of aryl methyl sites for hydroxylation is 1. The Balaban J connectivity index is 1.60. The molecule has 0 aromatic heterocycles. The van der Waals surface area contributed by atoms with Crippen LogP contribution in [0.25, 0.3) is 0 Å². The highest BCUT2D eigenvalue weighted by atomic mass is 19.4. The fourth-order valence-electron chi connectivity index (χ4n) is 3.61. The fourth-order valence-corrected chi connectivity index (χ4v) is 3.61. The first-order valence-corrected chi connectivity index (χ1v) is 10.1. The normalized spacial score (nSPS) is 16.9. The summed E-state index contributed by atoms with van der Waals surface area (Å²) in [5, 5.41) is 2.91. The number of carbonyl (C=O) groups excluding carboxylic acids is 2. The summed E-state index contributed by atoms with van der Waals surface area (Å²) >= 11 is 0. The summed E-state index contributed by atoms with van der Waals surface area (Å²) in [7, 11) is 0. The van der Waals surface area contributed by atoms with Gasteiger partial charge in [-0.25, -0.2) is 0 Å². The number of carbonyl (C=O) groups is 2. The number of likely N-dealkylation sites (tertiary alicyclic amines) is 1. The van der Waals surface area contributed by atoms with Crippen molar-refractivity contribution in [2.45, 2.75) is 38.9 Å². The van der Waals surface area contributed by atoms with Crippen LogP contribution in [0, 0.1) is 5.92 Å². The number of amides is 2. The third-order valence-corrected chi connectivity index (χ3v) is 5.41. The van der Waals surface area contributed by atoms with E-state index >= 15 is 0 Å². The van der Waals surface area contributed by atoms with E-state index in [0.717, 1.165) is 24.1 Å². The molecular formula is C23H25F3N2O2. The maximum Gasteiger partial charge on any atom is 0.416 e. The summed E-state index contributed by atoms with van der Waals surface area (Å²) in [4.78, 5) is 26.8. The molecule has 0 saturated carbocycles. The average Bonchev–Trinajstić information content (AvgIpc) is 2.77. The Hall–Kier alpha value is -2.83. The number of nitrogens with zero attached hydrogens (tertiary/aromatic N) is 1. The van der Waals surface area contributed by atoms with Crippen molar-refractivity contribution in [3.05, 3.63) is 70.8 Å². The number of rotatable bonds is 5. The van der Waals surface area contributed by atoms with Crippen LogP contribution in [0.15, 0.2) is 48.5 Å². The van der Waals surface area contributed by atoms with Crippen LogP contribution in [0.1, 0.15) is 46.8 Å². The van der Waals surface area contributed by atoms with Crippen LogP contribution in [0.2, 0.25) is 0 Å². The molecule has 1 aliphatic rings. The van der Waals surface area contributed by atoms with Crippen LogP contribution >= 0.6 is 0 Å². The molecule has 0 spiro atoms. The lowest BCUT2D eigenvalue weighted by molar-refractivity contribution is -0.137. The summed E-state index contributed by atoms with van der Waals surface area (Å²) in [5.41, 5.74) is 1.35. The summed E-state index contributed by atoms with van der Waals surface area (Å²) < 4.78 is 38.8. The molecule has 0 radical (unpaired) electrons. The first kappa shape index (κ1) is 21.9. The Morgan fingerprint density at radius 1 is 1.10 bits per heavy atom. The smallest absolute Gasteiger partial charge is 0.352 e. The van der Waals surface area contributed by atoms with Crippen molar-refractivity contribution in [1.29, 1.82) is 0 Å². The first-order chi connectivity index (χ1) is 14.3. The second-order valence-corrected chi connectivity index (χ2v) is 7.56. The van der Waals surface area contributed by atoms with Gasteiger partial charge in [-0.05, 0) is 48.6 Å². The Labute approximate surface area is 174 Å². The topological polar surface area (TPSA) is 49.4 Å². The van der Waals surface area contributed by atoms with Gasteiger partial charge < -0.3 is 10.2 Å². The van der Waals surface area contributed by atoms with Gasteiger partial charge in [0.1, 0.15) is 0 Å². The van der Waals surface area contributed by atoms with Crippen molar-refractivity contribution in [2.75, 3.05) is 13.1 Å². The summed E-state index contributed by atoms with van der Waals surface area (Å²) in [6, 6.07) is 12.4. The zero-order valence-corrected chi connectivity index (χ0v) is 16.8. The fraction of sp³-hybridized carbons (Fsp3) is 0.391. The molecule has 4 nitrogen and oxygen atoms in total. The van der Waals surface area contributed by atoms with Gasteiger partial charge in [-0.2, -0.15) is 13.2 Å². The third-order valence-electron chi connectivity index (χ3n) is 5.41. The van der Waals surface area contributed by atoms with Gasteiger partial charge in [-0.3, -0.25) is 9.59 Å². The van der Waals surface area contributed by atoms with Crippen molar-refractivity contribution in [2.24, 2.45) is 5.92 Å². The van der Waals surface area contributed by atoms with E-state index in [-0.39, 0.29) is 23.9 Å². The van der Waals surface area contributed by atoms with Gasteiger partial charge in [-0.1, -0.05) is 37.3 Å². The van der Waals surface area contributed by atoms with E-state index in [9.17, 15) is 22.8 Å². The van der Waals surface area contributed by atoms with Crippen LogP contribution in [-0.4, -0.2) is 29.8 Å². The van der Waals surface area contributed by atoms with E-state index in [4.69, 9.17) is 0 Å². The van der Waals surface area contributed by atoms with Gasteiger partial charge >= 0.3 is 6.18 Å². The Kier molecular flexibility index (Phi) is 6.80. The Morgan fingerprint density at radius 2 is 1.80 bits per heavy atom. The predicted molar refractivity (Wildman–Crippen MR) is 108 cm³/mol. The van der Waals surface area contributed by atoms with E-state index in [2.05, 4.69) is 12.2 Å². The monoisotopic (exact) mass is 418 g/mol. The van der Waals surface area contributed by atoms with Gasteiger partial charge in [0.2, 0.25) is 5.91 Å². The lowest BCUT2D eigenvalue weighted by Gasteiger charge is -2.32. The van der Waals surface area contributed by atoms with Gasteiger partial charge in [0.15, 0.2) is 0 Å². The molecule has 2 amide bonds. The standard InChI is InChI=1S/C23H25F3N2O2/c1-2-16-8-10-17(11-9-16)14-27-21(29)19-6-4-12-28(15-19)22(30)18-5-3-7-20(13-18)23(24,25)26/h3,5,7-11,13,19H,2,4,6,12,14-15H2,1H3,(H,27,29)/t19-/m1/s1. The average molecular weight is 418 g/mol. The zero-order chi connectivity index (χ0) is 21.7. The highest BCUT2D eigenvalue weighted by molar-refractivity contribution is 5.95. The molecule has 0 unspecified atom stereocenters. The maximum absolute atomic E-state index is 12.9.